The summed E-state index contributed by atoms with van der Waals surface area (Å²) in [6.45, 7) is 5.70. The maximum Gasteiger partial charge on any atom is 0.262 e. The Morgan fingerprint density at radius 1 is 1.41 bits per heavy atom. The van der Waals surface area contributed by atoms with Gasteiger partial charge in [-0.1, -0.05) is 19.9 Å². The molecule has 2 atom stereocenters. The number of nitrogens with one attached hydrogen (secondary N) is 3. The van der Waals surface area contributed by atoms with Crippen LogP contribution in [0.2, 0.25) is 0 Å². The van der Waals surface area contributed by atoms with E-state index in [9.17, 15) is 9.59 Å². The Bertz CT molecular complexity index is 473. The quantitative estimate of drug-likeness (QED) is 0.762. The number of hydrogen-bond donors (Lipinski definition) is 3. The van der Waals surface area contributed by atoms with Gasteiger partial charge in [-0.25, -0.2) is 0 Å². The molecule has 3 N–H and O–H groups in total. The molecule has 0 saturated carbocycles. The molecular weight excluding hydrogens is 322 g/mol. The van der Waals surface area contributed by atoms with Crippen LogP contribution in [0.1, 0.15) is 36.4 Å². The summed E-state index contributed by atoms with van der Waals surface area (Å²) >= 11 is 1.38. The summed E-state index contributed by atoms with van der Waals surface area (Å²) in [5, 5.41) is 11.0. The van der Waals surface area contributed by atoms with Crippen molar-refractivity contribution < 1.29 is 9.59 Å². The zero-order valence-corrected chi connectivity index (χ0v) is 14.6. The fourth-order valence-electron chi connectivity index (χ4n) is 2.42. The molecule has 0 radical (unpaired) electrons. The Morgan fingerprint density at radius 3 is 2.73 bits per heavy atom. The number of piperidine rings is 1. The van der Waals surface area contributed by atoms with E-state index in [0.717, 1.165) is 25.9 Å². The summed E-state index contributed by atoms with van der Waals surface area (Å²) in [7, 11) is 0. The minimum absolute atomic E-state index is 0. The maximum atomic E-state index is 12.4. The average molecular weight is 346 g/mol. The molecule has 2 heterocycles. The number of amides is 2. The zero-order chi connectivity index (χ0) is 15.2. The Labute approximate surface area is 141 Å². The van der Waals surface area contributed by atoms with Gasteiger partial charge < -0.3 is 16.0 Å². The molecule has 124 valence electrons. The summed E-state index contributed by atoms with van der Waals surface area (Å²) in [4.78, 5) is 25.2. The van der Waals surface area contributed by atoms with Gasteiger partial charge in [0.1, 0.15) is 6.04 Å². The van der Waals surface area contributed by atoms with Crippen molar-refractivity contribution in [2.24, 2.45) is 5.92 Å². The van der Waals surface area contributed by atoms with E-state index < -0.39 is 6.04 Å². The smallest absolute Gasteiger partial charge is 0.262 e. The molecule has 22 heavy (non-hydrogen) atoms. The largest absolute Gasteiger partial charge is 0.350 e. The lowest BCUT2D eigenvalue weighted by Crippen LogP contribution is -2.54. The highest BCUT2D eigenvalue weighted by Gasteiger charge is 2.27. The lowest BCUT2D eigenvalue weighted by Gasteiger charge is -2.28. The Balaban J connectivity index is 0.00000242. The molecule has 1 aliphatic heterocycles. The highest BCUT2D eigenvalue weighted by atomic mass is 35.5. The minimum Gasteiger partial charge on any atom is -0.350 e. The lowest BCUT2D eigenvalue weighted by molar-refractivity contribution is -0.124. The predicted molar refractivity (Wildman–Crippen MR) is 91.7 cm³/mol. The Kier molecular flexibility index (Phi) is 7.85. The fourth-order valence-corrected chi connectivity index (χ4v) is 3.05. The number of thiophene rings is 1. The number of carbonyl (C=O) groups is 2. The molecule has 0 spiro atoms. The van der Waals surface area contributed by atoms with Gasteiger partial charge in [-0.15, -0.1) is 23.7 Å². The van der Waals surface area contributed by atoms with E-state index in [1.807, 2.05) is 25.3 Å². The highest BCUT2D eigenvalue weighted by molar-refractivity contribution is 7.12. The molecule has 0 aromatic carbocycles. The molecule has 2 rings (SSSR count). The second kappa shape index (κ2) is 9.12. The van der Waals surface area contributed by atoms with Crippen molar-refractivity contribution in [2.75, 3.05) is 13.1 Å². The number of halogens is 1. The lowest BCUT2D eigenvalue weighted by atomic mass is 10.0. The summed E-state index contributed by atoms with van der Waals surface area (Å²) in [5.41, 5.74) is 0. The van der Waals surface area contributed by atoms with Gasteiger partial charge in [0.05, 0.1) is 4.88 Å². The van der Waals surface area contributed by atoms with Crippen LogP contribution >= 0.6 is 23.7 Å². The van der Waals surface area contributed by atoms with Crippen molar-refractivity contribution >= 4 is 35.6 Å². The second-order valence-corrected chi connectivity index (χ2v) is 6.67. The third-order valence-electron chi connectivity index (χ3n) is 3.62. The first-order valence-corrected chi connectivity index (χ1v) is 8.31. The van der Waals surface area contributed by atoms with Gasteiger partial charge in [-0.3, -0.25) is 9.59 Å². The van der Waals surface area contributed by atoms with E-state index in [4.69, 9.17) is 0 Å². The standard InChI is InChI=1S/C15H23N3O2S.ClH/c1-10(2)13(18-14(19)12-6-4-8-21-12)15(20)17-11-5-3-7-16-9-11;/h4,6,8,10-11,13,16H,3,5,7,9H2,1-2H3,(H,17,20)(H,18,19);1H. The van der Waals surface area contributed by atoms with Crippen LogP contribution in [0.25, 0.3) is 0 Å². The van der Waals surface area contributed by atoms with Gasteiger partial charge in [0.15, 0.2) is 0 Å². The average Bonchev–Trinajstić information content (AvgIpc) is 2.99. The van der Waals surface area contributed by atoms with Gasteiger partial charge in [-0.05, 0) is 36.8 Å². The van der Waals surface area contributed by atoms with Crippen molar-refractivity contribution in [3.05, 3.63) is 22.4 Å². The monoisotopic (exact) mass is 345 g/mol. The third kappa shape index (κ3) is 5.26. The van der Waals surface area contributed by atoms with Crippen LogP contribution in [0.15, 0.2) is 17.5 Å². The predicted octanol–water partition coefficient (Wildman–Crippen LogP) is 1.79. The van der Waals surface area contributed by atoms with Gasteiger partial charge in [0.25, 0.3) is 5.91 Å². The van der Waals surface area contributed by atoms with Crippen molar-refractivity contribution in [3.8, 4) is 0 Å². The number of rotatable bonds is 5. The van der Waals surface area contributed by atoms with Crippen molar-refractivity contribution in [2.45, 2.75) is 38.8 Å². The normalized spacial score (nSPS) is 19.1. The fraction of sp³-hybridized carbons (Fsp3) is 0.600. The molecule has 2 amide bonds. The van der Waals surface area contributed by atoms with Crippen LogP contribution in [-0.4, -0.2) is 37.0 Å². The number of hydrogen-bond acceptors (Lipinski definition) is 4. The van der Waals surface area contributed by atoms with Crippen molar-refractivity contribution in [3.63, 3.8) is 0 Å². The molecule has 5 nitrogen and oxygen atoms in total. The molecule has 1 aromatic rings. The molecule has 1 saturated heterocycles. The minimum atomic E-state index is -0.499. The van der Waals surface area contributed by atoms with E-state index in [2.05, 4.69) is 16.0 Å². The van der Waals surface area contributed by atoms with Gasteiger partial charge >= 0.3 is 0 Å². The van der Waals surface area contributed by atoms with Crippen LogP contribution in [0, 0.1) is 5.92 Å². The van der Waals surface area contributed by atoms with Gasteiger partial charge in [0.2, 0.25) is 5.91 Å². The van der Waals surface area contributed by atoms with E-state index >= 15 is 0 Å². The van der Waals surface area contributed by atoms with Gasteiger partial charge in [0, 0.05) is 12.6 Å². The number of carbonyl (C=O) groups excluding carboxylic acids is 2. The summed E-state index contributed by atoms with van der Waals surface area (Å²) < 4.78 is 0. The molecule has 0 bridgehead atoms. The van der Waals surface area contributed by atoms with E-state index in [1.54, 1.807) is 6.07 Å². The molecule has 0 aliphatic carbocycles. The van der Waals surface area contributed by atoms with E-state index in [0.29, 0.717) is 4.88 Å². The van der Waals surface area contributed by atoms with Gasteiger partial charge in [-0.2, -0.15) is 0 Å². The highest BCUT2D eigenvalue weighted by Crippen LogP contribution is 2.11. The molecule has 1 fully saturated rings. The molecule has 2 unspecified atom stereocenters. The zero-order valence-electron chi connectivity index (χ0n) is 12.9. The summed E-state index contributed by atoms with van der Waals surface area (Å²) in [5.74, 6) is -0.227. The molecular formula is C15H24ClN3O2S. The van der Waals surface area contributed by atoms with Crippen LogP contribution in [0.5, 0.6) is 0 Å². The first kappa shape index (κ1) is 18.9. The van der Waals surface area contributed by atoms with Crippen LogP contribution in [0.4, 0.5) is 0 Å². The third-order valence-corrected chi connectivity index (χ3v) is 4.49. The summed E-state index contributed by atoms with van der Waals surface area (Å²) in [6.07, 6.45) is 2.06. The van der Waals surface area contributed by atoms with E-state index in [-0.39, 0.29) is 36.2 Å². The molecule has 7 heteroatoms. The molecule has 1 aliphatic rings. The second-order valence-electron chi connectivity index (χ2n) is 5.72. The topological polar surface area (TPSA) is 70.2 Å². The summed E-state index contributed by atoms with van der Waals surface area (Å²) in [6, 6.07) is 3.26. The Morgan fingerprint density at radius 2 is 2.18 bits per heavy atom. The first-order chi connectivity index (χ1) is 10.1. The van der Waals surface area contributed by atoms with Crippen LogP contribution in [0.3, 0.4) is 0 Å². The first-order valence-electron chi connectivity index (χ1n) is 7.43. The maximum absolute atomic E-state index is 12.4. The van der Waals surface area contributed by atoms with E-state index in [1.165, 1.54) is 11.3 Å². The van der Waals surface area contributed by atoms with Crippen molar-refractivity contribution in [1.29, 1.82) is 0 Å². The van der Waals surface area contributed by atoms with Crippen LogP contribution < -0.4 is 16.0 Å². The SMILES string of the molecule is CC(C)C(NC(=O)c1cccs1)C(=O)NC1CCCNC1.Cl. The Hall–Kier alpha value is -1.11. The molecule has 1 aromatic heterocycles. The van der Waals surface area contributed by atoms with Crippen LogP contribution in [-0.2, 0) is 4.79 Å². The van der Waals surface area contributed by atoms with Crippen molar-refractivity contribution in [1.82, 2.24) is 16.0 Å².